The van der Waals surface area contributed by atoms with Gasteiger partial charge in [-0.15, -0.1) is 0 Å². The van der Waals surface area contributed by atoms with Crippen molar-refractivity contribution in [3.05, 3.63) is 29.5 Å². The third kappa shape index (κ3) is 2.71. The Morgan fingerprint density at radius 1 is 1.32 bits per heavy atom. The van der Waals surface area contributed by atoms with E-state index < -0.39 is 0 Å². The molecule has 0 saturated carbocycles. The Morgan fingerprint density at radius 2 is 2.11 bits per heavy atom. The van der Waals surface area contributed by atoms with E-state index in [1.54, 1.807) is 14.2 Å². The molecule has 0 bridgehead atoms. The van der Waals surface area contributed by atoms with Crippen molar-refractivity contribution in [2.24, 2.45) is 0 Å². The molecule has 0 spiro atoms. The van der Waals surface area contributed by atoms with E-state index >= 15 is 0 Å². The van der Waals surface area contributed by atoms with Crippen LogP contribution in [-0.2, 0) is 11.2 Å². The summed E-state index contributed by atoms with van der Waals surface area (Å²) in [5.74, 6) is 1.93. The minimum Gasteiger partial charge on any atom is -0.496 e. The van der Waals surface area contributed by atoms with Crippen molar-refractivity contribution in [1.29, 1.82) is 0 Å². The highest BCUT2D eigenvalue weighted by Gasteiger charge is 2.16. The van der Waals surface area contributed by atoms with Gasteiger partial charge in [0.1, 0.15) is 11.5 Å². The molecule has 5 heteroatoms. The topological polar surface area (TPSA) is 70.5 Å². The maximum absolute atomic E-state index is 5.89. The van der Waals surface area contributed by atoms with Gasteiger partial charge in [0.2, 0.25) is 0 Å². The van der Waals surface area contributed by atoms with Crippen molar-refractivity contribution in [3.63, 3.8) is 0 Å². The van der Waals surface area contributed by atoms with Gasteiger partial charge >= 0.3 is 0 Å². The zero-order valence-corrected chi connectivity index (χ0v) is 11.4. The largest absolute Gasteiger partial charge is 0.496 e. The van der Waals surface area contributed by atoms with Crippen molar-refractivity contribution in [3.8, 4) is 16.9 Å². The van der Waals surface area contributed by atoms with Gasteiger partial charge in [-0.1, -0.05) is 17.3 Å². The molecule has 0 atom stereocenters. The average Bonchev–Trinajstić information content (AvgIpc) is 2.78. The number of nitrogen functional groups attached to an aromatic ring is 1. The molecule has 0 radical (unpaired) electrons. The van der Waals surface area contributed by atoms with Crippen LogP contribution in [0.25, 0.3) is 11.1 Å². The fraction of sp³-hybridized carbons (Fsp3) is 0.357. The number of hydrogen-bond donors (Lipinski definition) is 1. The van der Waals surface area contributed by atoms with Crippen molar-refractivity contribution < 1.29 is 14.0 Å². The predicted octanol–water partition coefficient (Wildman–Crippen LogP) is 2.43. The van der Waals surface area contributed by atoms with Gasteiger partial charge in [0, 0.05) is 13.5 Å². The Labute approximate surface area is 112 Å². The summed E-state index contributed by atoms with van der Waals surface area (Å²) in [7, 11) is 3.29. The highest BCUT2D eigenvalue weighted by molar-refractivity contribution is 5.76. The van der Waals surface area contributed by atoms with Gasteiger partial charge in [0.05, 0.1) is 19.3 Å². The van der Waals surface area contributed by atoms with E-state index in [4.69, 9.17) is 19.7 Å². The highest BCUT2D eigenvalue weighted by atomic mass is 16.5. The number of hydrogen-bond acceptors (Lipinski definition) is 5. The van der Waals surface area contributed by atoms with E-state index in [-0.39, 0.29) is 0 Å². The van der Waals surface area contributed by atoms with Crippen LogP contribution in [0, 0.1) is 6.92 Å². The summed E-state index contributed by atoms with van der Waals surface area (Å²) in [6.45, 7) is 2.55. The van der Waals surface area contributed by atoms with Crippen LogP contribution in [0.15, 0.2) is 22.7 Å². The number of rotatable bonds is 5. The van der Waals surface area contributed by atoms with Crippen LogP contribution in [0.1, 0.15) is 11.3 Å². The van der Waals surface area contributed by atoms with Crippen LogP contribution in [0.4, 0.5) is 5.82 Å². The zero-order chi connectivity index (χ0) is 13.8. The SMILES string of the molecule is COCCc1onc(N)c1-c1ccc(C)c(OC)c1. The molecule has 102 valence electrons. The molecule has 0 aliphatic heterocycles. The second-order valence-electron chi connectivity index (χ2n) is 4.29. The molecule has 0 aliphatic carbocycles. The first-order valence-corrected chi connectivity index (χ1v) is 6.05. The lowest BCUT2D eigenvalue weighted by Crippen LogP contribution is -1.96. The Balaban J connectivity index is 2.43. The normalized spacial score (nSPS) is 10.7. The Kier molecular flexibility index (Phi) is 4.06. The van der Waals surface area contributed by atoms with Crippen molar-refractivity contribution in [1.82, 2.24) is 5.16 Å². The van der Waals surface area contributed by atoms with Gasteiger partial charge in [0.25, 0.3) is 0 Å². The van der Waals surface area contributed by atoms with E-state index in [9.17, 15) is 0 Å². The molecule has 5 nitrogen and oxygen atoms in total. The summed E-state index contributed by atoms with van der Waals surface area (Å²) in [5.41, 5.74) is 8.71. The van der Waals surface area contributed by atoms with E-state index in [1.165, 1.54) is 0 Å². The summed E-state index contributed by atoms with van der Waals surface area (Å²) in [6, 6.07) is 5.91. The maximum atomic E-state index is 5.89. The molecule has 1 aromatic carbocycles. The molecule has 0 amide bonds. The van der Waals surface area contributed by atoms with E-state index in [0.29, 0.717) is 18.8 Å². The number of ether oxygens (including phenoxy) is 2. The predicted molar refractivity (Wildman–Crippen MR) is 73.2 cm³/mol. The van der Waals surface area contributed by atoms with Crippen LogP contribution in [0.5, 0.6) is 5.75 Å². The molecule has 2 aromatic rings. The Bertz CT molecular complexity index is 564. The molecule has 2 rings (SSSR count). The number of aryl methyl sites for hydroxylation is 1. The molecule has 0 aliphatic rings. The monoisotopic (exact) mass is 262 g/mol. The third-order valence-electron chi connectivity index (χ3n) is 3.02. The quantitative estimate of drug-likeness (QED) is 0.896. The summed E-state index contributed by atoms with van der Waals surface area (Å²) >= 11 is 0. The Morgan fingerprint density at radius 3 is 2.79 bits per heavy atom. The molecule has 0 fully saturated rings. The van der Waals surface area contributed by atoms with E-state index in [0.717, 1.165) is 28.2 Å². The minimum atomic E-state index is 0.386. The average molecular weight is 262 g/mol. The van der Waals surface area contributed by atoms with E-state index in [1.807, 2.05) is 25.1 Å². The first-order chi connectivity index (χ1) is 9.17. The van der Waals surface area contributed by atoms with Crippen LogP contribution < -0.4 is 10.5 Å². The third-order valence-corrected chi connectivity index (χ3v) is 3.02. The Hall–Kier alpha value is -2.01. The van der Waals surface area contributed by atoms with Gasteiger partial charge in [-0.25, -0.2) is 0 Å². The van der Waals surface area contributed by atoms with E-state index in [2.05, 4.69) is 5.16 Å². The minimum absolute atomic E-state index is 0.386. The van der Waals surface area contributed by atoms with Crippen molar-refractivity contribution >= 4 is 5.82 Å². The molecule has 0 unspecified atom stereocenters. The summed E-state index contributed by atoms with van der Waals surface area (Å²) in [5, 5.41) is 3.83. The molecule has 2 N–H and O–H groups in total. The van der Waals surface area contributed by atoms with Gasteiger partial charge < -0.3 is 19.7 Å². The van der Waals surface area contributed by atoms with Crippen molar-refractivity contribution in [2.45, 2.75) is 13.3 Å². The van der Waals surface area contributed by atoms with Crippen LogP contribution in [-0.4, -0.2) is 26.0 Å². The molecule has 0 saturated heterocycles. The van der Waals surface area contributed by atoms with Crippen LogP contribution in [0.2, 0.25) is 0 Å². The second-order valence-corrected chi connectivity index (χ2v) is 4.29. The highest BCUT2D eigenvalue weighted by Crippen LogP contribution is 2.33. The lowest BCUT2D eigenvalue weighted by Gasteiger charge is -2.08. The number of benzene rings is 1. The standard InChI is InChI=1S/C14H18N2O3/c1-9-4-5-10(8-12(9)18-3)13-11(6-7-17-2)19-16-14(13)15/h4-5,8H,6-7H2,1-3H3,(H2,15,16). The lowest BCUT2D eigenvalue weighted by molar-refractivity contribution is 0.193. The molecular weight excluding hydrogens is 244 g/mol. The lowest BCUT2D eigenvalue weighted by atomic mass is 10.0. The fourth-order valence-electron chi connectivity index (χ4n) is 1.99. The number of nitrogens with two attached hydrogens (primary N) is 1. The first-order valence-electron chi connectivity index (χ1n) is 6.05. The van der Waals surface area contributed by atoms with Gasteiger partial charge in [-0.2, -0.15) is 0 Å². The summed E-state index contributed by atoms with van der Waals surface area (Å²) in [4.78, 5) is 0. The van der Waals surface area contributed by atoms with Crippen molar-refractivity contribution in [2.75, 3.05) is 26.6 Å². The van der Waals surface area contributed by atoms with Crippen LogP contribution >= 0.6 is 0 Å². The number of nitrogens with zero attached hydrogens (tertiary/aromatic N) is 1. The summed E-state index contributed by atoms with van der Waals surface area (Å²) in [6.07, 6.45) is 0.631. The van der Waals surface area contributed by atoms with Crippen LogP contribution in [0.3, 0.4) is 0 Å². The smallest absolute Gasteiger partial charge is 0.175 e. The first kappa shape index (κ1) is 13.4. The number of anilines is 1. The maximum Gasteiger partial charge on any atom is 0.175 e. The van der Waals surface area contributed by atoms with Gasteiger partial charge in [-0.05, 0) is 24.1 Å². The van der Waals surface area contributed by atoms with Gasteiger partial charge in [-0.3, -0.25) is 0 Å². The van der Waals surface area contributed by atoms with Gasteiger partial charge in [0.15, 0.2) is 5.82 Å². The summed E-state index contributed by atoms with van der Waals surface area (Å²) < 4.78 is 15.6. The zero-order valence-electron chi connectivity index (χ0n) is 11.4. The molecular formula is C14H18N2O3. The second kappa shape index (κ2) is 5.75. The molecule has 19 heavy (non-hydrogen) atoms. The fourth-order valence-corrected chi connectivity index (χ4v) is 1.99. The molecule has 1 aromatic heterocycles. The number of aromatic nitrogens is 1. The number of methoxy groups -OCH3 is 2. The molecule has 1 heterocycles.